The fourth-order valence-electron chi connectivity index (χ4n) is 4.18. The summed E-state index contributed by atoms with van der Waals surface area (Å²) >= 11 is 0. The molecule has 0 heterocycles. The van der Waals surface area contributed by atoms with Gasteiger partial charge in [0.05, 0.1) is 7.11 Å². The molecule has 2 aromatic rings. The second kappa shape index (κ2) is 13.0. The van der Waals surface area contributed by atoms with Gasteiger partial charge in [-0.2, -0.15) is 8.42 Å². The van der Waals surface area contributed by atoms with Gasteiger partial charge in [0.1, 0.15) is 10.6 Å². The predicted octanol–water partition coefficient (Wildman–Crippen LogP) is 7.34. The maximum atomic E-state index is 12.0. The van der Waals surface area contributed by atoms with E-state index in [1.54, 1.807) is 0 Å². The fourth-order valence-corrected chi connectivity index (χ4v) is 4.96. The molecule has 0 radical (unpaired) electrons. The molecular formula is C25H38O4S. The topological polar surface area (TPSA) is 63.6 Å². The van der Waals surface area contributed by atoms with E-state index in [9.17, 15) is 13.0 Å². The van der Waals surface area contributed by atoms with Gasteiger partial charge in [0.15, 0.2) is 0 Å². The van der Waals surface area contributed by atoms with Gasteiger partial charge in [0.2, 0.25) is 0 Å². The van der Waals surface area contributed by atoms with E-state index in [1.807, 2.05) is 24.3 Å². The lowest BCUT2D eigenvalue weighted by molar-refractivity contribution is 0.417. The van der Waals surface area contributed by atoms with Crippen LogP contribution in [0.25, 0.3) is 10.8 Å². The van der Waals surface area contributed by atoms with Crippen LogP contribution in [0, 0.1) is 0 Å². The third-order valence-electron chi connectivity index (χ3n) is 5.86. The van der Waals surface area contributed by atoms with E-state index >= 15 is 0 Å². The summed E-state index contributed by atoms with van der Waals surface area (Å²) in [6, 6.07) is 9.08. The van der Waals surface area contributed by atoms with Crippen molar-refractivity contribution in [1.29, 1.82) is 0 Å². The highest BCUT2D eigenvalue weighted by Crippen LogP contribution is 2.34. The summed E-state index contributed by atoms with van der Waals surface area (Å²) in [7, 11) is -2.79. The Balaban J connectivity index is 1.85. The van der Waals surface area contributed by atoms with E-state index < -0.39 is 10.1 Å². The van der Waals surface area contributed by atoms with Crippen molar-refractivity contribution in [3.05, 3.63) is 35.9 Å². The van der Waals surface area contributed by atoms with Crippen LogP contribution < -0.4 is 4.74 Å². The van der Waals surface area contributed by atoms with Gasteiger partial charge in [0, 0.05) is 11.5 Å². The highest BCUT2D eigenvalue weighted by Gasteiger charge is 2.20. The lowest BCUT2D eigenvalue weighted by Gasteiger charge is -2.14. The Bertz CT molecular complexity index is 874. The minimum atomic E-state index is -4.30. The summed E-state index contributed by atoms with van der Waals surface area (Å²) in [6.45, 7) is 2.25. The van der Waals surface area contributed by atoms with Crippen LogP contribution in [0.1, 0.15) is 89.5 Å². The second-order valence-electron chi connectivity index (χ2n) is 8.22. The highest BCUT2D eigenvalue weighted by atomic mass is 32.2. The number of hydrogen-bond donors (Lipinski definition) is 1. The van der Waals surface area contributed by atoms with Gasteiger partial charge in [-0.3, -0.25) is 4.55 Å². The zero-order chi connectivity index (χ0) is 21.8. The number of methoxy groups -OCH3 is 1. The Morgan fingerprint density at radius 1 is 0.800 bits per heavy atom. The summed E-state index contributed by atoms with van der Waals surface area (Å²) in [5.41, 5.74) is 0.695. The highest BCUT2D eigenvalue weighted by molar-refractivity contribution is 7.85. The van der Waals surface area contributed by atoms with E-state index in [0.29, 0.717) is 17.7 Å². The molecule has 0 aromatic heterocycles. The Labute approximate surface area is 182 Å². The van der Waals surface area contributed by atoms with E-state index in [-0.39, 0.29) is 4.90 Å². The first-order valence-corrected chi connectivity index (χ1v) is 13.0. The first kappa shape index (κ1) is 24.7. The fraction of sp³-hybridized carbons (Fsp3) is 0.600. The van der Waals surface area contributed by atoms with Crippen molar-refractivity contribution in [2.45, 2.75) is 95.3 Å². The third-order valence-corrected chi connectivity index (χ3v) is 6.78. The van der Waals surface area contributed by atoms with Gasteiger partial charge in [-0.25, -0.2) is 0 Å². The van der Waals surface area contributed by atoms with Crippen molar-refractivity contribution in [3.8, 4) is 5.75 Å². The molecule has 0 atom stereocenters. The van der Waals surface area contributed by atoms with E-state index in [1.165, 1.54) is 77.4 Å². The summed E-state index contributed by atoms with van der Waals surface area (Å²) in [6.07, 6.45) is 15.8. The van der Waals surface area contributed by atoms with Crippen molar-refractivity contribution >= 4 is 20.9 Å². The third kappa shape index (κ3) is 7.59. The maximum Gasteiger partial charge on any atom is 0.294 e. The van der Waals surface area contributed by atoms with Crippen molar-refractivity contribution in [3.63, 3.8) is 0 Å². The summed E-state index contributed by atoms with van der Waals surface area (Å²) < 4.78 is 39.1. The Morgan fingerprint density at radius 2 is 1.30 bits per heavy atom. The SMILES string of the molecule is CCCCCCCCCCCCCCc1c(S(=O)(=O)O)cc(OC)c2ccccc12. The number of benzene rings is 2. The minimum absolute atomic E-state index is 0.0267. The van der Waals surface area contributed by atoms with Crippen LogP contribution >= 0.6 is 0 Å². The van der Waals surface area contributed by atoms with Gasteiger partial charge in [-0.05, 0) is 23.8 Å². The molecular weight excluding hydrogens is 396 g/mol. The summed E-state index contributed by atoms with van der Waals surface area (Å²) in [4.78, 5) is -0.0267. The molecule has 0 bridgehead atoms. The Morgan fingerprint density at radius 3 is 1.80 bits per heavy atom. The maximum absolute atomic E-state index is 12.0. The molecule has 30 heavy (non-hydrogen) atoms. The molecule has 2 aromatic carbocycles. The molecule has 1 N–H and O–H groups in total. The quantitative estimate of drug-likeness (QED) is 0.235. The van der Waals surface area contributed by atoms with Crippen LogP contribution in [-0.4, -0.2) is 20.1 Å². The first-order valence-electron chi connectivity index (χ1n) is 11.5. The molecule has 0 unspecified atom stereocenters. The van der Waals surface area contributed by atoms with Gasteiger partial charge in [0.25, 0.3) is 10.1 Å². The molecule has 168 valence electrons. The average Bonchev–Trinajstić information content (AvgIpc) is 2.73. The number of aryl methyl sites for hydroxylation is 1. The van der Waals surface area contributed by atoms with Crippen LogP contribution in [0.15, 0.2) is 35.2 Å². The monoisotopic (exact) mass is 434 g/mol. The molecule has 0 aliphatic carbocycles. The number of ether oxygens (including phenoxy) is 1. The minimum Gasteiger partial charge on any atom is -0.496 e. The molecule has 5 heteroatoms. The number of fused-ring (bicyclic) bond motifs is 1. The van der Waals surface area contributed by atoms with Crippen LogP contribution in [0.4, 0.5) is 0 Å². The van der Waals surface area contributed by atoms with Gasteiger partial charge >= 0.3 is 0 Å². The van der Waals surface area contributed by atoms with Gasteiger partial charge in [-0.15, -0.1) is 0 Å². The lowest BCUT2D eigenvalue weighted by Crippen LogP contribution is -2.05. The lowest BCUT2D eigenvalue weighted by atomic mass is 9.98. The van der Waals surface area contributed by atoms with Crippen LogP contribution in [0.5, 0.6) is 5.75 Å². The molecule has 2 rings (SSSR count). The summed E-state index contributed by atoms with van der Waals surface area (Å²) in [5, 5.41) is 1.72. The average molecular weight is 435 g/mol. The normalized spacial score (nSPS) is 11.8. The molecule has 0 aliphatic heterocycles. The summed E-state index contributed by atoms with van der Waals surface area (Å²) in [5.74, 6) is 0.469. The standard InChI is InChI=1S/C25H38O4S/c1-3-4-5-6-7-8-9-10-11-12-13-14-19-23-21-17-15-16-18-22(21)24(29-2)20-25(23)30(26,27)28/h15-18,20H,3-14,19H2,1-2H3,(H,26,27,28). The van der Waals surface area contributed by atoms with Crippen molar-refractivity contribution in [2.24, 2.45) is 0 Å². The Kier molecular flexibility index (Phi) is 10.7. The van der Waals surface area contributed by atoms with E-state index in [2.05, 4.69) is 6.92 Å². The van der Waals surface area contributed by atoms with Gasteiger partial charge < -0.3 is 4.74 Å². The number of rotatable bonds is 15. The van der Waals surface area contributed by atoms with Crippen molar-refractivity contribution in [2.75, 3.05) is 7.11 Å². The van der Waals surface area contributed by atoms with Gasteiger partial charge in [-0.1, -0.05) is 102 Å². The van der Waals surface area contributed by atoms with E-state index in [0.717, 1.165) is 23.6 Å². The molecule has 0 saturated carbocycles. The zero-order valence-electron chi connectivity index (χ0n) is 18.7. The molecule has 0 aliphatic rings. The molecule has 0 fully saturated rings. The first-order chi connectivity index (χ1) is 14.5. The molecule has 0 saturated heterocycles. The largest absolute Gasteiger partial charge is 0.496 e. The Hall–Kier alpha value is -1.59. The molecule has 0 spiro atoms. The number of unbranched alkanes of at least 4 members (excludes halogenated alkanes) is 11. The van der Waals surface area contributed by atoms with Crippen LogP contribution in [0.3, 0.4) is 0 Å². The number of hydrogen-bond acceptors (Lipinski definition) is 3. The van der Waals surface area contributed by atoms with Crippen molar-refractivity contribution < 1.29 is 17.7 Å². The smallest absolute Gasteiger partial charge is 0.294 e. The zero-order valence-corrected chi connectivity index (χ0v) is 19.5. The van der Waals surface area contributed by atoms with Crippen LogP contribution in [-0.2, 0) is 16.5 Å². The van der Waals surface area contributed by atoms with Crippen molar-refractivity contribution in [1.82, 2.24) is 0 Å². The second-order valence-corrected chi connectivity index (χ2v) is 9.61. The van der Waals surface area contributed by atoms with Crippen LogP contribution in [0.2, 0.25) is 0 Å². The molecule has 4 nitrogen and oxygen atoms in total. The predicted molar refractivity (Wildman–Crippen MR) is 125 cm³/mol. The van der Waals surface area contributed by atoms with E-state index in [4.69, 9.17) is 4.74 Å². The molecule has 0 amide bonds.